The maximum atomic E-state index is 12.4. The molecule has 10 rings (SSSR count). The van der Waals surface area contributed by atoms with E-state index in [0.29, 0.717) is 70.5 Å². The standard InChI is InChI=1S/C15H22N2O.2C11H23N.C10H21NO.C10H19NO.C10H21N.C9H16N2O2.C9H18N2O.C9H19N.9CH4/c1-11(2)15(12(3)4)14(18)16-10-17(15)13-8-6-5-7-9-13;1-9(2)11(10(3)4)5-7-12-8-6-11;1-9(2)11(10(3)4)6-5-7-12-8-11;1-8(2)10(9(3)4)7-11-5-6-12-10;1-7(2)10(8(3)4)5-6-11-9(10)12;1-8(2)10(9(3)4)5-6-11-7-10;1-5(2)9(6(3)4)7(12)10-8(13)11-9;1-6(2)9(7(3)4)8(12)10-5-11-9;1-7(2)9(8(3)4)5-10-6-9;;;;;;;;;/h5-9,11-12H,10H2,1-4H3,(H,16,18);2*9-10,12H,5-8H2,1-4H3;8-9,11H,5-7H2,1-4H3;7-8H,5-6H2,1-4H3,(H,11,12);8-9,11H,5-7H2,1-4H3;5-6H,1-4H3,(H2,10,11,12,13);6-7,11H,5H2,1-4H3,(H,10,12);7-8,10H,5-6H2,1-4H3;9*1H4. The average Bonchev–Trinajstić information content (AvgIpc) is 1.63. The van der Waals surface area contributed by atoms with Gasteiger partial charge in [-0.2, -0.15) is 0 Å². The van der Waals surface area contributed by atoms with Crippen LogP contribution in [0.3, 0.4) is 0 Å². The first-order valence-electron chi connectivity index (χ1n) is 45.2. The number of morpholine rings is 1. The van der Waals surface area contributed by atoms with E-state index in [0.717, 1.165) is 85.7 Å². The number of urea groups is 1. The Labute approximate surface area is 756 Å². The number of carbonyl (C=O) groups is 5. The Morgan fingerprint density at radius 2 is 0.694 bits per heavy atom. The number of amides is 6. The van der Waals surface area contributed by atoms with Crippen LogP contribution in [0.25, 0.3) is 0 Å². The van der Waals surface area contributed by atoms with Gasteiger partial charge in [0.2, 0.25) is 17.7 Å². The zero-order chi connectivity index (χ0) is 86.1. The van der Waals surface area contributed by atoms with Crippen LogP contribution >= 0.6 is 0 Å². The summed E-state index contributed by atoms with van der Waals surface area (Å²) in [7, 11) is 0. The predicted octanol–water partition coefficient (Wildman–Crippen LogP) is 22.9. The minimum Gasteiger partial charge on any atom is -0.372 e. The van der Waals surface area contributed by atoms with Gasteiger partial charge in [-0.15, -0.1) is 0 Å². The first-order chi connectivity index (χ1) is 51.9. The molecule has 0 spiro atoms. The van der Waals surface area contributed by atoms with Crippen LogP contribution in [0.15, 0.2) is 30.3 Å². The molecule has 18 nitrogen and oxygen atoms in total. The van der Waals surface area contributed by atoms with E-state index in [2.05, 4.69) is 297 Å². The van der Waals surface area contributed by atoms with Crippen molar-refractivity contribution < 1.29 is 28.7 Å². The number of nitrogens with one attached hydrogen (secondary N) is 11. The molecule has 18 heteroatoms. The van der Waals surface area contributed by atoms with Gasteiger partial charge in [0.25, 0.3) is 5.91 Å². The Morgan fingerprint density at radius 1 is 0.314 bits per heavy atom. The van der Waals surface area contributed by atoms with Crippen LogP contribution in [-0.2, 0) is 23.9 Å². The van der Waals surface area contributed by atoms with Crippen molar-refractivity contribution in [1.29, 1.82) is 0 Å². The van der Waals surface area contributed by atoms with Gasteiger partial charge in [-0.3, -0.25) is 29.8 Å². The van der Waals surface area contributed by atoms with Crippen LogP contribution < -0.4 is 63.4 Å². The van der Waals surface area contributed by atoms with Crippen molar-refractivity contribution in [2.75, 3.05) is 96.8 Å². The molecule has 0 aliphatic carbocycles. The van der Waals surface area contributed by atoms with E-state index in [1.807, 2.05) is 45.9 Å². The molecule has 1 aromatic rings. The third-order valence-electron chi connectivity index (χ3n) is 30.2. The number of anilines is 1. The molecule has 0 bridgehead atoms. The summed E-state index contributed by atoms with van der Waals surface area (Å²) in [4.78, 5) is 60.5. The van der Waals surface area contributed by atoms with Crippen molar-refractivity contribution >= 4 is 35.3 Å². The fourth-order valence-corrected chi connectivity index (χ4v) is 21.4. The smallest absolute Gasteiger partial charge is 0.322 e. The summed E-state index contributed by atoms with van der Waals surface area (Å²) in [6, 6.07) is 9.79. The molecule has 0 radical (unpaired) electrons. The molecule has 9 heterocycles. The molecule has 9 fully saturated rings. The van der Waals surface area contributed by atoms with Crippen LogP contribution in [0.5, 0.6) is 0 Å². The van der Waals surface area contributed by atoms with Crippen LogP contribution in [0.1, 0.15) is 355 Å². The molecule has 9 aliphatic heterocycles. The molecule has 1 aromatic carbocycles. The third-order valence-corrected chi connectivity index (χ3v) is 30.2. The largest absolute Gasteiger partial charge is 0.372 e. The lowest BCUT2D eigenvalue weighted by atomic mass is 9.63. The van der Waals surface area contributed by atoms with Gasteiger partial charge >= 0.3 is 6.03 Å². The molecule has 0 unspecified atom stereocenters. The highest BCUT2D eigenvalue weighted by atomic mass is 16.5. The van der Waals surface area contributed by atoms with Gasteiger partial charge in [0.05, 0.1) is 31.0 Å². The molecule has 121 heavy (non-hydrogen) atoms. The Kier molecular flexibility index (Phi) is 64.1. The molecular weight excluding hydrogens is 1500 g/mol. The van der Waals surface area contributed by atoms with Crippen molar-refractivity contribution in [1.82, 2.24) is 58.5 Å². The SMILES string of the molecule is C.C.C.C.C.C.C.C.C.CC(C)C1(C(C)C)C(=O)NCN1c1ccccc1.CC(C)C1(C(C)C)CCCNC1.CC(C)C1(C(C)C)CCNC1.CC(C)C1(C(C)C)CCNC1=O.CC(C)C1(C(C)C)CCNCC1.CC(C)C1(C(C)C)CNC1.CC(C)C1(C(C)C)CNCCO1.CC(C)C1(C(C)C)NC(=O)NC1=O.CC(C)C1(C(C)C)NCNC1=O. The fraction of sp³-hybridized carbons (Fsp3) is 0.893. The van der Waals surface area contributed by atoms with E-state index in [4.69, 9.17) is 4.74 Å². The summed E-state index contributed by atoms with van der Waals surface area (Å²) < 4.78 is 5.93. The van der Waals surface area contributed by atoms with Crippen molar-refractivity contribution in [3.8, 4) is 0 Å². The molecule has 0 atom stereocenters. The van der Waals surface area contributed by atoms with Crippen molar-refractivity contribution in [2.45, 2.75) is 377 Å². The molecule has 6 amide bonds. The highest BCUT2D eigenvalue weighted by Gasteiger charge is 2.55. The van der Waals surface area contributed by atoms with Gasteiger partial charge in [-0.1, -0.05) is 334 Å². The molecule has 0 aromatic heterocycles. The van der Waals surface area contributed by atoms with Crippen LogP contribution in [-0.4, -0.2) is 144 Å². The minimum atomic E-state index is -0.725. The lowest BCUT2D eigenvalue weighted by Gasteiger charge is -2.49. The number of imide groups is 1. The highest BCUT2D eigenvalue weighted by molar-refractivity contribution is 6.07. The third kappa shape index (κ3) is 30.9. The summed E-state index contributed by atoms with van der Waals surface area (Å²) in [6.45, 7) is 94.6. The summed E-state index contributed by atoms with van der Waals surface area (Å²) in [6.07, 6.45) is 7.86. The number of carbonyl (C=O) groups excluding carboxylic acids is 5. The first kappa shape index (κ1) is 133. The number of hydrogen-bond donors (Lipinski definition) is 11. The average molecular weight is 1720 g/mol. The first-order valence-corrected chi connectivity index (χ1v) is 45.2. The number of para-hydroxylation sites is 1. The lowest BCUT2D eigenvalue weighted by molar-refractivity contribution is -0.132. The number of rotatable bonds is 19. The van der Waals surface area contributed by atoms with Crippen molar-refractivity contribution in [3.05, 3.63) is 30.3 Å². The maximum absolute atomic E-state index is 12.4. The molecule has 9 saturated heterocycles. The molecule has 0 saturated carbocycles. The zero-order valence-electron chi connectivity index (χ0n) is 79.3. The quantitative estimate of drug-likeness (QED) is 0.0580. The second kappa shape index (κ2) is 58.5. The van der Waals surface area contributed by atoms with E-state index in [-0.39, 0.29) is 137 Å². The number of benzene rings is 1. The van der Waals surface area contributed by atoms with Gasteiger partial charge in [0, 0.05) is 51.5 Å². The second-order valence-corrected chi connectivity index (χ2v) is 40.6. The highest BCUT2D eigenvalue weighted by Crippen LogP contribution is 2.47. The molecule has 726 valence electrons. The van der Waals surface area contributed by atoms with Crippen LogP contribution in [0, 0.1) is 134 Å². The Balaban J connectivity index is -0.000000197. The van der Waals surface area contributed by atoms with Gasteiger partial charge < -0.3 is 57.5 Å². The van der Waals surface area contributed by atoms with Crippen molar-refractivity contribution in [2.24, 2.45) is 134 Å². The fourth-order valence-electron chi connectivity index (χ4n) is 21.4. The topological polar surface area (TPSA) is 230 Å². The van der Waals surface area contributed by atoms with Crippen LogP contribution in [0.2, 0.25) is 0 Å². The normalized spacial score (nSPS) is 20.4. The molecule has 9 aliphatic rings. The number of hydrogen-bond acceptors (Lipinski definition) is 13. The van der Waals surface area contributed by atoms with Gasteiger partial charge in [-0.05, 0) is 205 Å². The maximum Gasteiger partial charge on any atom is 0.322 e. The Morgan fingerprint density at radius 3 is 0.909 bits per heavy atom. The summed E-state index contributed by atoms with van der Waals surface area (Å²) in [5.41, 5.74) is 1.94. The second-order valence-electron chi connectivity index (χ2n) is 40.6. The predicted molar refractivity (Wildman–Crippen MR) is 537 cm³/mol. The number of nitrogens with zero attached hydrogens (tertiary/aromatic N) is 1. The summed E-state index contributed by atoms with van der Waals surface area (Å²) >= 11 is 0. The number of ether oxygens (including phenoxy) is 1. The molecule has 11 N–H and O–H groups in total. The monoisotopic (exact) mass is 1720 g/mol. The van der Waals surface area contributed by atoms with Crippen molar-refractivity contribution in [3.63, 3.8) is 0 Å². The van der Waals surface area contributed by atoms with E-state index < -0.39 is 11.1 Å². The van der Waals surface area contributed by atoms with Gasteiger partial charge in [0.15, 0.2) is 0 Å². The van der Waals surface area contributed by atoms with Gasteiger partial charge in [-0.25, -0.2) is 4.79 Å². The minimum absolute atomic E-state index is 0. The van der Waals surface area contributed by atoms with E-state index in [9.17, 15) is 24.0 Å². The summed E-state index contributed by atoms with van der Waals surface area (Å²) in [5, 5.41) is 34.3. The van der Waals surface area contributed by atoms with Crippen LogP contribution in [0.4, 0.5) is 10.5 Å². The number of piperidine rings is 2. The van der Waals surface area contributed by atoms with E-state index in [1.165, 1.54) is 84.5 Å². The lowest BCUT2D eigenvalue weighted by Crippen LogP contribution is -2.59. The Hall–Kier alpha value is -3.91. The summed E-state index contributed by atoms with van der Waals surface area (Å²) in [5.74, 6) is 10.4. The van der Waals surface area contributed by atoms with E-state index in [1.54, 1.807) is 0 Å². The molecular formula is C103H218N12O6. The Bertz CT molecular complexity index is 2660. The zero-order valence-corrected chi connectivity index (χ0v) is 79.3. The van der Waals surface area contributed by atoms with Gasteiger partial charge in [0.1, 0.15) is 16.6 Å². The van der Waals surface area contributed by atoms with E-state index >= 15 is 0 Å².